The van der Waals surface area contributed by atoms with E-state index in [4.69, 9.17) is 0 Å². The Balaban J connectivity index is 2.90. The Kier molecular flexibility index (Phi) is 5.34. The van der Waals surface area contributed by atoms with Gasteiger partial charge in [0.1, 0.15) is 11.1 Å². The van der Waals surface area contributed by atoms with Crippen LogP contribution in [0, 0.1) is 5.92 Å². The van der Waals surface area contributed by atoms with Gasteiger partial charge in [0.05, 0.1) is 5.56 Å². The maximum Gasteiger partial charge on any atom is 0.406 e. The minimum atomic E-state index is -4.41. The Hall–Kier alpha value is -1.11. The molecule has 0 saturated carbocycles. The molecule has 0 aromatic carbocycles. The van der Waals surface area contributed by atoms with Crippen LogP contribution < -0.4 is 0 Å². The predicted molar refractivity (Wildman–Crippen MR) is 68.7 cm³/mol. The highest BCUT2D eigenvalue weighted by Crippen LogP contribution is 2.19. The number of pyridine rings is 1. The van der Waals surface area contributed by atoms with Crippen molar-refractivity contribution in [1.82, 2.24) is 9.88 Å². The van der Waals surface area contributed by atoms with Crippen LogP contribution >= 0.6 is 15.9 Å². The zero-order chi connectivity index (χ0) is 14.6. The van der Waals surface area contributed by atoms with Crippen LogP contribution in [0.3, 0.4) is 0 Å². The van der Waals surface area contributed by atoms with Crippen LogP contribution in [0.4, 0.5) is 13.2 Å². The molecule has 1 aromatic heterocycles. The Bertz CT molecular complexity index is 432. The first-order chi connectivity index (χ1) is 8.69. The van der Waals surface area contributed by atoms with E-state index in [9.17, 15) is 18.0 Å². The molecule has 0 spiro atoms. The molecule has 0 unspecified atom stereocenters. The second-order valence-corrected chi connectivity index (χ2v) is 5.38. The first-order valence-electron chi connectivity index (χ1n) is 5.66. The van der Waals surface area contributed by atoms with Gasteiger partial charge < -0.3 is 4.90 Å². The van der Waals surface area contributed by atoms with E-state index in [2.05, 4.69) is 20.9 Å². The van der Waals surface area contributed by atoms with Crippen molar-refractivity contribution >= 4 is 21.8 Å². The number of carbonyl (C=O) groups is 1. The molecule has 1 heterocycles. The number of nitrogens with zero attached hydrogens (tertiary/aromatic N) is 2. The van der Waals surface area contributed by atoms with E-state index in [0.717, 1.165) is 4.90 Å². The molecule has 1 aromatic rings. The van der Waals surface area contributed by atoms with Crippen molar-refractivity contribution in [3.8, 4) is 0 Å². The average molecular weight is 339 g/mol. The summed E-state index contributed by atoms with van der Waals surface area (Å²) in [5.41, 5.74) is 0.146. The third-order valence-electron chi connectivity index (χ3n) is 2.22. The van der Waals surface area contributed by atoms with Gasteiger partial charge in [-0.25, -0.2) is 4.98 Å². The van der Waals surface area contributed by atoms with E-state index in [1.54, 1.807) is 13.8 Å². The number of amides is 1. The van der Waals surface area contributed by atoms with E-state index in [1.165, 1.54) is 18.3 Å². The molecular formula is C12H14BrF3N2O. The molecule has 0 fully saturated rings. The molecule has 1 amide bonds. The fraction of sp³-hybridized carbons (Fsp3) is 0.500. The van der Waals surface area contributed by atoms with Gasteiger partial charge in [-0.1, -0.05) is 13.8 Å². The number of aromatic nitrogens is 1. The molecule has 0 N–H and O–H groups in total. The van der Waals surface area contributed by atoms with Gasteiger partial charge >= 0.3 is 6.18 Å². The Morgan fingerprint density at radius 3 is 2.47 bits per heavy atom. The fourth-order valence-corrected chi connectivity index (χ4v) is 1.80. The number of hydrogen-bond acceptors (Lipinski definition) is 2. The largest absolute Gasteiger partial charge is 0.406 e. The lowest BCUT2D eigenvalue weighted by Crippen LogP contribution is -2.41. The third-order valence-corrected chi connectivity index (χ3v) is 2.69. The van der Waals surface area contributed by atoms with E-state index in [1.807, 2.05) is 0 Å². The topological polar surface area (TPSA) is 33.2 Å². The quantitative estimate of drug-likeness (QED) is 0.787. The highest BCUT2D eigenvalue weighted by molar-refractivity contribution is 9.10. The maximum absolute atomic E-state index is 12.5. The smallest absolute Gasteiger partial charge is 0.329 e. The minimum absolute atomic E-state index is 0.0466. The standard InChI is InChI=1S/C12H14BrF3N2O/c1-8(2)6-18(7-12(14,15)16)11(19)9-3-4-10(13)17-5-9/h3-5,8H,6-7H2,1-2H3. The van der Waals surface area contributed by atoms with Crippen LogP contribution in [0.2, 0.25) is 0 Å². The summed E-state index contributed by atoms with van der Waals surface area (Å²) in [6.45, 7) is 2.32. The van der Waals surface area contributed by atoms with Gasteiger partial charge in [0.25, 0.3) is 5.91 Å². The lowest BCUT2D eigenvalue weighted by Gasteiger charge is -2.25. The van der Waals surface area contributed by atoms with Crippen molar-refractivity contribution in [2.75, 3.05) is 13.1 Å². The van der Waals surface area contributed by atoms with E-state index in [-0.39, 0.29) is 18.0 Å². The first kappa shape index (κ1) is 15.9. The molecule has 0 radical (unpaired) electrons. The van der Waals surface area contributed by atoms with Gasteiger partial charge in [-0.05, 0) is 34.0 Å². The summed E-state index contributed by atoms with van der Waals surface area (Å²) >= 11 is 3.10. The molecule has 0 atom stereocenters. The van der Waals surface area contributed by atoms with Gasteiger partial charge in [-0.2, -0.15) is 13.2 Å². The molecular weight excluding hydrogens is 325 g/mol. The Morgan fingerprint density at radius 1 is 1.42 bits per heavy atom. The summed E-state index contributed by atoms with van der Waals surface area (Å²) in [5, 5.41) is 0. The second-order valence-electron chi connectivity index (χ2n) is 4.56. The van der Waals surface area contributed by atoms with Crippen LogP contribution in [-0.4, -0.2) is 35.1 Å². The zero-order valence-electron chi connectivity index (χ0n) is 10.5. The van der Waals surface area contributed by atoms with Gasteiger partial charge in [0.2, 0.25) is 0 Å². The monoisotopic (exact) mass is 338 g/mol. The molecule has 1 rings (SSSR count). The van der Waals surface area contributed by atoms with Crippen LogP contribution in [0.1, 0.15) is 24.2 Å². The Labute approximate surface area is 117 Å². The number of carbonyl (C=O) groups excluding carboxylic acids is 1. The Morgan fingerprint density at radius 2 is 2.05 bits per heavy atom. The highest BCUT2D eigenvalue weighted by Gasteiger charge is 2.33. The number of rotatable bonds is 4. The molecule has 0 aliphatic rings. The molecule has 7 heteroatoms. The van der Waals surface area contributed by atoms with E-state index < -0.39 is 18.6 Å². The van der Waals surface area contributed by atoms with Gasteiger partial charge in [0, 0.05) is 12.7 Å². The van der Waals surface area contributed by atoms with E-state index >= 15 is 0 Å². The summed E-state index contributed by atoms with van der Waals surface area (Å²) in [6, 6.07) is 2.97. The van der Waals surface area contributed by atoms with Crippen molar-refractivity contribution in [3.05, 3.63) is 28.5 Å². The summed E-state index contributed by atoms with van der Waals surface area (Å²) < 4.78 is 38.0. The molecule has 0 saturated heterocycles. The van der Waals surface area contributed by atoms with E-state index in [0.29, 0.717) is 4.60 Å². The van der Waals surface area contributed by atoms with Crippen molar-refractivity contribution in [3.63, 3.8) is 0 Å². The van der Waals surface area contributed by atoms with Gasteiger partial charge in [-0.3, -0.25) is 4.79 Å². The zero-order valence-corrected chi connectivity index (χ0v) is 12.1. The van der Waals surface area contributed by atoms with Crippen molar-refractivity contribution in [1.29, 1.82) is 0 Å². The third kappa shape index (κ3) is 5.59. The lowest BCUT2D eigenvalue weighted by atomic mass is 10.1. The van der Waals surface area contributed by atoms with Crippen LogP contribution in [0.15, 0.2) is 22.9 Å². The molecule has 3 nitrogen and oxygen atoms in total. The molecule has 0 aliphatic carbocycles. The van der Waals surface area contributed by atoms with Crippen LogP contribution in [0.25, 0.3) is 0 Å². The summed E-state index contributed by atoms with van der Waals surface area (Å²) in [7, 11) is 0. The lowest BCUT2D eigenvalue weighted by molar-refractivity contribution is -0.141. The SMILES string of the molecule is CC(C)CN(CC(F)(F)F)C(=O)c1ccc(Br)nc1. The number of halogens is 4. The van der Waals surface area contributed by atoms with Crippen molar-refractivity contribution < 1.29 is 18.0 Å². The van der Waals surface area contributed by atoms with Crippen molar-refractivity contribution in [2.24, 2.45) is 5.92 Å². The fourth-order valence-electron chi connectivity index (χ4n) is 1.56. The van der Waals surface area contributed by atoms with Gasteiger partial charge in [-0.15, -0.1) is 0 Å². The molecule has 0 bridgehead atoms. The average Bonchev–Trinajstić information content (AvgIpc) is 2.25. The molecule has 0 aliphatic heterocycles. The summed E-state index contributed by atoms with van der Waals surface area (Å²) in [4.78, 5) is 16.7. The molecule has 19 heavy (non-hydrogen) atoms. The minimum Gasteiger partial charge on any atom is -0.329 e. The summed E-state index contributed by atoms with van der Waals surface area (Å²) in [6.07, 6.45) is -3.15. The molecule has 106 valence electrons. The van der Waals surface area contributed by atoms with Gasteiger partial charge in [0.15, 0.2) is 0 Å². The number of alkyl halides is 3. The normalized spacial score (nSPS) is 11.7. The number of hydrogen-bond donors (Lipinski definition) is 0. The maximum atomic E-state index is 12.5. The van der Waals surface area contributed by atoms with Crippen molar-refractivity contribution in [2.45, 2.75) is 20.0 Å². The van der Waals surface area contributed by atoms with Crippen LogP contribution in [-0.2, 0) is 0 Å². The van der Waals surface area contributed by atoms with Crippen LogP contribution in [0.5, 0.6) is 0 Å². The summed E-state index contributed by atoms with van der Waals surface area (Å²) in [5.74, 6) is -0.708. The second kappa shape index (κ2) is 6.36. The predicted octanol–water partition coefficient (Wildman–Crippen LogP) is 3.50. The highest BCUT2D eigenvalue weighted by atomic mass is 79.9. The first-order valence-corrected chi connectivity index (χ1v) is 6.46.